The van der Waals surface area contributed by atoms with Gasteiger partial charge in [-0.15, -0.1) is 0 Å². The zero-order chi connectivity index (χ0) is 26.0. The van der Waals surface area contributed by atoms with Crippen molar-refractivity contribution in [3.63, 3.8) is 0 Å². The minimum absolute atomic E-state index is 0.163. The van der Waals surface area contributed by atoms with Gasteiger partial charge in [-0.1, -0.05) is 64.3 Å². The zero-order valence-corrected chi connectivity index (χ0v) is 22.1. The molecule has 2 heterocycles. The van der Waals surface area contributed by atoms with Crippen LogP contribution >= 0.6 is 46.1 Å². The molecule has 4 rings (SSSR count). The van der Waals surface area contributed by atoms with Crippen LogP contribution in [0.15, 0.2) is 57.5 Å². The van der Waals surface area contributed by atoms with Gasteiger partial charge in [-0.3, -0.25) is 9.36 Å². The second-order valence-electron chi connectivity index (χ2n) is 7.58. The minimum Gasteiger partial charge on any atom is -0.477 e. The Kier molecular flexibility index (Phi) is 7.86. The van der Waals surface area contributed by atoms with Crippen LogP contribution in [0.2, 0.25) is 15.1 Å². The fraction of sp³-hybridized carbons (Fsp3) is 0.200. The van der Waals surface area contributed by atoms with Crippen molar-refractivity contribution in [1.82, 2.24) is 4.57 Å². The summed E-state index contributed by atoms with van der Waals surface area (Å²) in [6.45, 7) is 3.32. The van der Waals surface area contributed by atoms with Crippen molar-refractivity contribution < 1.29 is 14.3 Å². The van der Waals surface area contributed by atoms with Crippen molar-refractivity contribution in [3.05, 3.63) is 93.6 Å². The molecule has 0 aliphatic carbocycles. The number of nitrogens with zero attached hydrogens (tertiary/aromatic N) is 3. The molecule has 1 aromatic heterocycles. The van der Waals surface area contributed by atoms with E-state index in [0.29, 0.717) is 36.2 Å². The predicted molar refractivity (Wildman–Crippen MR) is 139 cm³/mol. The van der Waals surface area contributed by atoms with Gasteiger partial charge < -0.3 is 9.47 Å². The number of aromatic nitrogens is 1. The van der Waals surface area contributed by atoms with Crippen molar-refractivity contribution in [1.29, 1.82) is 5.26 Å². The van der Waals surface area contributed by atoms with E-state index in [4.69, 9.17) is 49.5 Å². The van der Waals surface area contributed by atoms with Gasteiger partial charge in [0.2, 0.25) is 0 Å². The van der Waals surface area contributed by atoms with E-state index >= 15 is 0 Å². The Balaban J connectivity index is 1.99. The molecule has 0 saturated heterocycles. The van der Waals surface area contributed by atoms with E-state index in [0.717, 1.165) is 11.3 Å². The first-order valence-corrected chi connectivity index (χ1v) is 12.6. The summed E-state index contributed by atoms with van der Waals surface area (Å²) in [5.74, 6) is -0.355. The molecular formula is C25H18Cl3N3O4S. The summed E-state index contributed by atoms with van der Waals surface area (Å²) in [5, 5.41) is 9.85. The average molecular weight is 563 g/mol. The number of esters is 1. The molecule has 0 bridgehead atoms. The molecule has 0 amide bonds. The highest BCUT2D eigenvalue weighted by Gasteiger charge is 2.34. The van der Waals surface area contributed by atoms with Crippen LogP contribution in [0.4, 0.5) is 0 Å². The maximum atomic E-state index is 13.7. The van der Waals surface area contributed by atoms with Crippen LogP contribution in [0.1, 0.15) is 31.0 Å². The van der Waals surface area contributed by atoms with Crippen LogP contribution in [0.3, 0.4) is 0 Å². The van der Waals surface area contributed by atoms with Gasteiger partial charge in [-0.25, -0.2) is 9.79 Å². The SMILES string of the molecule is CCOC(=O)C1=C(C)N=c2s/c(=C\c3cc(Cl)cc(Cl)c3OCC#N)c(=O)n2[C@@H]1c1ccccc1Cl. The van der Waals surface area contributed by atoms with Gasteiger partial charge in [-0.05, 0) is 43.7 Å². The van der Waals surface area contributed by atoms with E-state index in [1.165, 1.54) is 10.6 Å². The summed E-state index contributed by atoms with van der Waals surface area (Å²) in [6.07, 6.45) is 1.57. The Morgan fingerprint density at radius 2 is 2.00 bits per heavy atom. The van der Waals surface area contributed by atoms with Crippen LogP contribution in [0, 0.1) is 11.3 Å². The molecule has 1 atom stereocenters. The quantitative estimate of drug-likeness (QED) is 0.407. The maximum Gasteiger partial charge on any atom is 0.338 e. The summed E-state index contributed by atoms with van der Waals surface area (Å²) in [7, 11) is 0. The zero-order valence-electron chi connectivity index (χ0n) is 19.0. The minimum atomic E-state index is -0.839. The lowest BCUT2D eigenvalue weighted by Gasteiger charge is -2.25. The molecule has 1 aliphatic rings. The monoisotopic (exact) mass is 561 g/mol. The second-order valence-corrected chi connectivity index (χ2v) is 9.84. The smallest absolute Gasteiger partial charge is 0.338 e. The number of benzene rings is 2. The van der Waals surface area contributed by atoms with E-state index in [1.807, 2.05) is 6.07 Å². The number of carbonyl (C=O) groups is 1. The third-order valence-corrected chi connectivity index (χ3v) is 7.15. The van der Waals surface area contributed by atoms with Gasteiger partial charge in [0, 0.05) is 15.6 Å². The molecule has 0 unspecified atom stereocenters. The molecule has 0 radical (unpaired) electrons. The third kappa shape index (κ3) is 4.93. The molecule has 2 aromatic carbocycles. The van der Waals surface area contributed by atoms with Crippen LogP contribution in [-0.2, 0) is 9.53 Å². The first-order chi connectivity index (χ1) is 17.3. The number of nitriles is 1. The lowest BCUT2D eigenvalue weighted by molar-refractivity contribution is -0.139. The molecule has 0 spiro atoms. The second kappa shape index (κ2) is 10.9. The molecule has 3 aromatic rings. The number of rotatable bonds is 6. The Morgan fingerprint density at radius 1 is 1.25 bits per heavy atom. The first kappa shape index (κ1) is 26.0. The number of hydrogen-bond acceptors (Lipinski definition) is 7. The molecule has 0 N–H and O–H groups in total. The van der Waals surface area contributed by atoms with Crippen LogP contribution in [0.25, 0.3) is 6.08 Å². The van der Waals surface area contributed by atoms with E-state index < -0.39 is 17.6 Å². The lowest BCUT2D eigenvalue weighted by Crippen LogP contribution is -2.40. The molecule has 11 heteroatoms. The molecule has 0 fully saturated rings. The fourth-order valence-corrected chi connectivity index (χ4v) is 5.71. The van der Waals surface area contributed by atoms with Crippen LogP contribution in [-0.4, -0.2) is 23.8 Å². The molecule has 0 saturated carbocycles. The predicted octanol–water partition coefficient (Wildman–Crippen LogP) is 4.66. The van der Waals surface area contributed by atoms with Gasteiger partial charge in [0.05, 0.1) is 27.4 Å². The topological polar surface area (TPSA) is 93.7 Å². The number of fused-ring (bicyclic) bond motifs is 1. The normalized spacial score (nSPS) is 15.2. The number of hydrogen-bond donors (Lipinski definition) is 0. The standard InChI is InChI=1S/C25H18Cl3N3O4S/c1-3-34-24(33)20-13(2)30-25-31(21(20)16-6-4-5-7-17(16)27)23(32)19(36-25)11-14-10-15(26)12-18(28)22(14)35-9-8-29/h4-7,10-12,21H,3,9H2,1-2H3/b19-11-/t21-/m1/s1. The third-order valence-electron chi connectivity index (χ3n) is 5.32. The Bertz CT molecular complexity index is 1620. The van der Waals surface area contributed by atoms with Crippen LogP contribution < -0.4 is 19.6 Å². The highest BCUT2D eigenvalue weighted by molar-refractivity contribution is 7.07. The average Bonchev–Trinajstić information content (AvgIpc) is 3.12. The van der Waals surface area contributed by atoms with Gasteiger partial charge in [0.1, 0.15) is 17.9 Å². The van der Waals surface area contributed by atoms with Crippen molar-refractivity contribution in [2.45, 2.75) is 19.9 Å². The summed E-state index contributed by atoms with van der Waals surface area (Å²) >= 11 is 20.1. The Labute approximate surface area is 225 Å². The van der Waals surface area contributed by atoms with Crippen molar-refractivity contribution in [3.8, 4) is 11.8 Å². The van der Waals surface area contributed by atoms with Gasteiger partial charge in [0.15, 0.2) is 11.4 Å². The van der Waals surface area contributed by atoms with Gasteiger partial charge >= 0.3 is 5.97 Å². The van der Waals surface area contributed by atoms with Gasteiger partial charge in [0.25, 0.3) is 5.56 Å². The number of halogens is 3. The highest BCUT2D eigenvalue weighted by atomic mass is 35.5. The Morgan fingerprint density at radius 3 is 2.69 bits per heavy atom. The van der Waals surface area contributed by atoms with Crippen molar-refractivity contribution in [2.75, 3.05) is 13.2 Å². The molecular weight excluding hydrogens is 545 g/mol. The van der Waals surface area contributed by atoms with Crippen LogP contribution in [0.5, 0.6) is 5.75 Å². The summed E-state index contributed by atoms with van der Waals surface area (Å²) in [5.41, 5.74) is 1.24. The largest absolute Gasteiger partial charge is 0.477 e. The lowest BCUT2D eigenvalue weighted by atomic mass is 9.96. The van der Waals surface area contributed by atoms with E-state index in [-0.39, 0.29) is 29.6 Å². The van der Waals surface area contributed by atoms with E-state index in [9.17, 15) is 9.59 Å². The number of thiazole rings is 1. The Hall–Kier alpha value is -3.09. The number of allylic oxidation sites excluding steroid dienone is 1. The first-order valence-electron chi connectivity index (χ1n) is 10.7. The number of ether oxygens (including phenoxy) is 2. The number of carbonyl (C=O) groups excluding carboxylic acids is 1. The molecule has 1 aliphatic heterocycles. The van der Waals surface area contributed by atoms with Gasteiger partial charge in [-0.2, -0.15) is 5.26 Å². The summed E-state index contributed by atoms with van der Waals surface area (Å²) < 4.78 is 12.5. The fourth-order valence-electron chi connectivity index (χ4n) is 3.87. The van der Waals surface area contributed by atoms with Crippen molar-refractivity contribution in [2.24, 2.45) is 4.99 Å². The molecule has 36 heavy (non-hydrogen) atoms. The molecule has 184 valence electrons. The van der Waals surface area contributed by atoms with E-state index in [2.05, 4.69) is 4.99 Å². The highest BCUT2D eigenvalue weighted by Crippen LogP contribution is 2.35. The maximum absolute atomic E-state index is 13.7. The molecule has 7 nitrogen and oxygen atoms in total. The summed E-state index contributed by atoms with van der Waals surface area (Å²) in [6, 6.07) is 11.1. The summed E-state index contributed by atoms with van der Waals surface area (Å²) in [4.78, 5) is 31.6. The van der Waals surface area contributed by atoms with Crippen molar-refractivity contribution >= 4 is 58.2 Å². The van der Waals surface area contributed by atoms with E-state index in [1.54, 1.807) is 50.3 Å².